The Morgan fingerprint density at radius 3 is 2.86 bits per heavy atom. The number of nitrogens with zero attached hydrogens (tertiary/aromatic N) is 4. The maximum atomic E-state index is 12.8. The van der Waals surface area contributed by atoms with E-state index in [2.05, 4.69) is 15.3 Å². The molecule has 0 amide bonds. The zero-order valence-corrected chi connectivity index (χ0v) is 13.4. The van der Waals surface area contributed by atoms with Gasteiger partial charge in [0.2, 0.25) is 0 Å². The second kappa shape index (κ2) is 5.69. The Bertz CT molecular complexity index is 771. The van der Waals surface area contributed by atoms with Gasteiger partial charge in [0, 0.05) is 33.0 Å². The Balaban J connectivity index is 1.96. The first kappa shape index (κ1) is 15.0. The smallest absolute Gasteiger partial charge is 0.262 e. The van der Waals surface area contributed by atoms with E-state index in [0.29, 0.717) is 6.54 Å². The summed E-state index contributed by atoms with van der Waals surface area (Å²) in [4.78, 5) is 8.19. The van der Waals surface area contributed by atoms with Crippen molar-refractivity contribution in [3.05, 3.63) is 36.4 Å². The lowest BCUT2D eigenvalue weighted by atomic mass is 10.1. The molecule has 0 aliphatic carbocycles. The van der Waals surface area contributed by atoms with Gasteiger partial charge in [-0.15, -0.1) is 0 Å². The molecule has 8 heteroatoms. The first-order chi connectivity index (χ1) is 10.5. The molecule has 0 spiro atoms. The summed E-state index contributed by atoms with van der Waals surface area (Å²) in [6.45, 7) is 0.515. The standard InChI is InChI=1S/C14H19N5O2S/c1-15-13-8-11(5-6-16-13)12-4-3-7-19(12)22(20,21)14-9-18(2)10-17-14/h5-6,8-10,12H,3-4,7H2,1-2H3,(H,15,16)/t12-/m0/s1. The second-order valence-electron chi connectivity index (χ2n) is 5.38. The molecule has 7 nitrogen and oxygen atoms in total. The molecule has 118 valence electrons. The van der Waals surface area contributed by atoms with Crippen molar-refractivity contribution in [2.24, 2.45) is 7.05 Å². The molecule has 1 fully saturated rings. The zero-order chi connectivity index (χ0) is 15.7. The summed E-state index contributed by atoms with van der Waals surface area (Å²) in [6.07, 6.45) is 6.39. The van der Waals surface area contributed by atoms with Crippen molar-refractivity contribution in [2.75, 3.05) is 18.9 Å². The molecule has 0 unspecified atom stereocenters. The van der Waals surface area contributed by atoms with Crippen LogP contribution in [0.2, 0.25) is 0 Å². The van der Waals surface area contributed by atoms with Crippen molar-refractivity contribution in [3.63, 3.8) is 0 Å². The van der Waals surface area contributed by atoms with Crippen LogP contribution in [0.4, 0.5) is 5.82 Å². The van der Waals surface area contributed by atoms with Crippen LogP contribution in [-0.4, -0.2) is 40.9 Å². The Labute approximate surface area is 130 Å². The Kier molecular flexibility index (Phi) is 3.88. The van der Waals surface area contributed by atoms with Crippen LogP contribution in [0.3, 0.4) is 0 Å². The topological polar surface area (TPSA) is 80.1 Å². The molecule has 1 N–H and O–H groups in total. The van der Waals surface area contributed by atoms with Gasteiger partial charge in [0.15, 0.2) is 5.03 Å². The molecule has 2 aromatic heterocycles. The lowest BCUT2D eigenvalue weighted by molar-refractivity contribution is 0.395. The lowest BCUT2D eigenvalue weighted by Crippen LogP contribution is -2.31. The van der Waals surface area contributed by atoms with Gasteiger partial charge in [-0.2, -0.15) is 4.31 Å². The summed E-state index contributed by atoms with van der Waals surface area (Å²) in [5.41, 5.74) is 0.955. The minimum Gasteiger partial charge on any atom is -0.373 e. The van der Waals surface area contributed by atoms with Crippen LogP contribution in [-0.2, 0) is 17.1 Å². The Morgan fingerprint density at radius 2 is 2.18 bits per heavy atom. The van der Waals surface area contributed by atoms with Gasteiger partial charge in [0.05, 0.1) is 12.4 Å². The average molecular weight is 321 g/mol. The van der Waals surface area contributed by atoms with Crippen LogP contribution < -0.4 is 5.32 Å². The van der Waals surface area contributed by atoms with E-state index >= 15 is 0 Å². The number of aromatic nitrogens is 3. The van der Waals surface area contributed by atoms with Gasteiger partial charge in [-0.3, -0.25) is 0 Å². The van der Waals surface area contributed by atoms with Gasteiger partial charge in [-0.25, -0.2) is 18.4 Å². The number of pyridine rings is 1. The van der Waals surface area contributed by atoms with Crippen molar-refractivity contribution in [1.82, 2.24) is 18.8 Å². The molecular weight excluding hydrogens is 302 g/mol. The molecule has 22 heavy (non-hydrogen) atoms. The molecule has 3 heterocycles. The number of nitrogens with one attached hydrogen (secondary N) is 1. The van der Waals surface area contributed by atoms with Crippen molar-refractivity contribution < 1.29 is 8.42 Å². The third-order valence-electron chi connectivity index (χ3n) is 3.88. The third-order valence-corrected chi connectivity index (χ3v) is 5.68. The molecule has 2 aromatic rings. The van der Waals surface area contributed by atoms with E-state index in [1.54, 1.807) is 29.2 Å². The van der Waals surface area contributed by atoms with Gasteiger partial charge >= 0.3 is 0 Å². The number of hydrogen-bond donors (Lipinski definition) is 1. The van der Waals surface area contributed by atoms with Crippen LogP contribution in [0, 0.1) is 0 Å². The molecule has 1 aliphatic rings. The van der Waals surface area contributed by atoms with Crippen molar-refractivity contribution in [3.8, 4) is 0 Å². The summed E-state index contributed by atoms with van der Waals surface area (Å²) in [7, 11) is -0.0199. The van der Waals surface area contributed by atoms with Gasteiger partial charge in [-0.1, -0.05) is 0 Å². The summed E-state index contributed by atoms with van der Waals surface area (Å²) in [5, 5.41) is 3.09. The first-order valence-corrected chi connectivity index (χ1v) is 8.60. The number of imidazole rings is 1. The number of hydrogen-bond acceptors (Lipinski definition) is 5. The SMILES string of the molecule is CNc1cc([C@@H]2CCCN2S(=O)(=O)c2cn(C)cn2)ccn1. The Morgan fingerprint density at radius 1 is 1.36 bits per heavy atom. The van der Waals surface area contributed by atoms with Crippen LogP contribution in [0.1, 0.15) is 24.4 Å². The minimum absolute atomic E-state index is 0.102. The van der Waals surface area contributed by atoms with Crippen LogP contribution >= 0.6 is 0 Å². The molecule has 1 aliphatic heterocycles. The van der Waals surface area contributed by atoms with Crippen LogP contribution in [0.25, 0.3) is 0 Å². The van der Waals surface area contributed by atoms with E-state index in [9.17, 15) is 8.42 Å². The molecule has 0 radical (unpaired) electrons. The molecule has 1 atom stereocenters. The normalized spacial score (nSPS) is 19.5. The maximum Gasteiger partial charge on any atom is 0.262 e. The van der Waals surface area contributed by atoms with E-state index in [1.165, 1.54) is 12.5 Å². The maximum absolute atomic E-state index is 12.8. The van der Waals surface area contributed by atoms with Gasteiger partial charge in [0.25, 0.3) is 10.0 Å². The molecule has 1 saturated heterocycles. The summed E-state index contributed by atoms with van der Waals surface area (Å²) in [5.74, 6) is 0.736. The monoisotopic (exact) mass is 321 g/mol. The molecule has 0 aromatic carbocycles. The highest BCUT2D eigenvalue weighted by molar-refractivity contribution is 7.89. The quantitative estimate of drug-likeness (QED) is 0.920. The largest absolute Gasteiger partial charge is 0.373 e. The van der Waals surface area contributed by atoms with Gasteiger partial charge < -0.3 is 9.88 Å². The van der Waals surface area contributed by atoms with Gasteiger partial charge in [-0.05, 0) is 30.5 Å². The highest BCUT2D eigenvalue weighted by atomic mass is 32.2. The lowest BCUT2D eigenvalue weighted by Gasteiger charge is -2.23. The van der Waals surface area contributed by atoms with E-state index < -0.39 is 10.0 Å². The van der Waals surface area contributed by atoms with Crippen molar-refractivity contribution in [2.45, 2.75) is 23.9 Å². The average Bonchev–Trinajstić information content (AvgIpc) is 3.16. The predicted octanol–water partition coefficient (Wildman–Crippen LogP) is 1.38. The fraction of sp³-hybridized carbons (Fsp3) is 0.429. The second-order valence-corrected chi connectivity index (χ2v) is 7.21. The summed E-state index contributed by atoms with van der Waals surface area (Å²) < 4.78 is 28.8. The minimum atomic E-state index is -3.57. The fourth-order valence-electron chi connectivity index (χ4n) is 2.79. The van der Waals surface area contributed by atoms with Crippen molar-refractivity contribution in [1.29, 1.82) is 0 Å². The number of aryl methyl sites for hydroxylation is 1. The predicted molar refractivity (Wildman–Crippen MR) is 82.9 cm³/mol. The van der Waals surface area contributed by atoms with E-state index in [0.717, 1.165) is 24.2 Å². The van der Waals surface area contributed by atoms with Gasteiger partial charge in [0.1, 0.15) is 5.82 Å². The molecular formula is C14H19N5O2S. The number of sulfonamides is 1. The van der Waals surface area contributed by atoms with Crippen LogP contribution in [0.15, 0.2) is 35.9 Å². The number of anilines is 1. The van der Waals surface area contributed by atoms with Crippen LogP contribution in [0.5, 0.6) is 0 Å². The van der Waals surface area contributed by atoms with Crippen molar-refractivity contribution >= 4 is 15.8 Å². The van der Waals surface area contributed by atoms with E-state index in [1.807, 2.05) is 12.1 Å². The molecule has 3 rings (SSSR count). The summed E-state index contributed by atoms with van der Waals surface area (Å²) in [6, 6.07) is 3.61. The first-order valence-electron chi connectivity index (χ1n) is 7.16. The number of rotatable bonds is 4. The highest BCUT2D eigenvalue weighted by Gasteiger charge is 2.37. The fourth-order valence-corrected chi connectivity index (χ4v) is 4.45. The molecule has 0 bridgehead atoms. The van der Waals surface area contributed by atoms with E-state index in [4.69, 9.17) is 0 Å². The molecule has 0 saturated carbocycles. The highest BCUT2D eigenvalue weighted by Crippen LogP contribution is 2.36. The zero-order valence-electron chi connectivity index (χ0n) is 12.6. The Hall–Kier alpha value is -1.93. The summed E-state index contributed by atoms with van der Waals surface area (Å²) >= 11 is 0. The third kappa shape index (κ3) is 2.59. The van der Waals surface area contributed by atoms with E-state index in [-0.39, 0.29) is 11.1 Å².